The monoisotopic (exact) mass is 438 g/mol. The summed E-state index contributed by atoms with van der Waals surface area (Å²) in [6.07, 6.45) is 0. The maximum absolute atomic E-state index is 12.5. The van der Waals surface area contributed by atoms with Gasteiger partial charge in [0.2, 0.25) is 5.91 Å². The van der Waals surface area contributed by atoms with Crippen LogP contribution in [0.2, 0.25) is 5.02 Å². The maximum atomic E-state index is 12.5. The van der Waals surface area contributed by atoms with Gasteiger partial charge in [0, 0.05) is 26.9 Å². The Bertz CT molecular complexity index is 1050. The molecule has 3 rings (SSSR count). The zero-order chi connectivity index (χ0) is 21.7. The van der Waals surface area contributed by atoms with Gasteiger partial charge in [0.15, 0.2) is 0 Å². The first-order chi connectivity index (χ1) is 14.3. The van der Waals surface area contributed by atoms with E-state index in [4.69, 9.17) is 11.6 Å². The second-order valence-electron chi connectivity index (χ2n) is 7.01. The molecule has 2 amide bonds. The lowest BCUT2D eigenvalue weighted by atomic mass is 10.1. The molecule has 0 bridgehead atoms. The molecule has 30 heavy (non-hydrogen) atoms. The first-order valence-corrected chi connectivity index (χ1v) is 10.8. The molecule has 0 saturated carbocycles. The molecule has 0 radical (unpaired) electrons. The standard InChI is InChI=1S/C24H23ClN2O2S/c1-15-7-9-18(10-8-15)24(29)26-19-11-13-20(14-12-19)30-17(3)23(28)27-22-6-4-5-21(25)16(22)2/h4-14,17H,1-3H3,(H,26,29)(H,27,28). The van der Waals surface area contributed by atoms with Gasteiger partial charge in [0.25, 0.3) is 5.91 Å². The average molecular weight is 439 g/mol. The fourth-order valence-corrected chi connectivity index (χ4v) is 3.80. The summed E-state index contributed by atoms with van der Waals surface area (Å²) in [4.78, 5) is 25.8. The van der Waals surface area contributed by atoms with Crippen LogP contribution in [0.5, 0.6) is 0 Å². The molecule has 1 unspecified atom stereocenters. The minimum atomic E-state index is -0.295. The molecule has 154 valence electrons. The summed E-state index contributed by atoms with van der Waals surface area (Å²) in [6.45, 7) is 5.71. The van der Waals surface area contributed by atoms with Crippen LogP contribution in [0, 0.1) is 13.8 Å². The Balaban J connectivity index is 1.58. The fourth-order valence-electron chi connectivity index (χ4n) is 2.76. The molecular formula is C24H23ClN2O2S. The Morgan fingerprint density at radius 1 is 0.900 bits per heavy atom. The van der Waals surface area contributed by atoms with E-state index in [-0.39, 0.29) is 17.1 Å². The molecule has 0 spiro atoms. The van der Waals surface area contributed by atoms with Crippen molar-refractivity contribution in [1.82, 2.24) is 0 Å². The summed E-state index contributed by atoms with van der Waals surface area (Å²) < 4.78 is 0. The molecule has 0 aromatic heterocycles. The van der Waals surface area contributed by atoms with E-state index in [0.717, 1.165) is 16.0 Å². The zero-order valence-corrected chi connectivity index (χ0v) is 18.6. The summed E-state index contributed by atoms with van der Waals surface area (Å²) in [6, 6.07) is 20.3. The van der Waals surface area contributed by atoms with Gasteiger partial charge in [-0.15, -0.1) is 11.8 Å². The number of carbonyl (C=O) groups excluding carboxylic acids is 2. The maximum Gasteiger partial charge on any atom is 0.255 e. The molecule has 3 aromatic carbocycles. The van der Waals surface area contributed by atoms with E-state index in [9.17, 15) is 9.59 Å². The number of benzene rings is 3. The van der Waals surface area contributed by atoms with Crippen LogP contribution >= 0.6 is 23.4 Å². The van der Waals surface area contributed by atoms with Crippen molar-refractivity contribution in [2.75, 3.05) is 10.6 Å². The second-order valence-corrected chi connectivity index (χ2v) is 8.83. The number of anilines is 2. The van der Waals surface area contributed by atoms with Crippen LogP contribution in [-0.4, -0.2) is 17.1 Å². The highest BCUT2D eigenvalue weighted by molar-refractivity contribution is 8.00. The third kappa shape index (κ3) is 5.65. The quantitative estimate of drug-likeness (QED) is 0.442. The van der Waals surface area contributed by atoms with E-state index in [0.29, 0.717) is 22.0 Å². The first-order valence-electron chi connectivity index (χ1n) is 9.54. The molecule has 2 N–H and O–H groups in total. The molecule has 0 aliphatic carbocycles. The highest BCUT2D eigenvalue weighted by Gasteiger charge is 2.16. The molecule has 3 aromatic rings. The van der Waals surface area contributed by atoms with Gasteiger partial charge in [-0.25, -0.2) is 0 Å². The van der Waals surface area contributed by atoms with Crippen LogP contribution in [0.4, 0.5) is 11.4 Å². The van der Waals surface area contributed by atoms with Gasteiger partial charge in [0.05, 0.1) is 5.25 Å². The van der Waals surface area contributed by atoms with Crippen LogP contribution < -0.4 is 10.6 Å². The van der Waals surface area contributed by atoms with Crippen molar-refractivity contribution in [3.8, 4) is 0 Å². The zero-order valence-electron chi connectivity index (χ0n) is 17.0. The van der Waals surface area contributed by atoms with E-state index in [1.54, 1.807) is 18.2 Å². The van der Waals surface area contributed by atoms with E-state index in [1.165, 1.54) is 11.8 Å². The lowest BCUT2D eigenvalue weighted by Crippen LogP contribution is -2.22. The molecule has 4 nitrogen and oxygen atoms in total. The van der Waals surface area contributed by atoms with Crippen LogP contribution in [0.1, 0.15) is 28.4 Å². The van der Waals surface area contributed by atoms with Gasteiger partial charge in [-0.05, 0) is 74.9 Å². The van der Waals surface area contributed by atoms with Crippen LogP contribution in [-0.2, 0) is 4.79 Å². The van der Waals surface area contributed by atoms with Crippen molar-refractivity contribution >= 4 is 46.6 Å². The number of thioether (sulfide) groups is 1. The molecule has 0 aliphatic rings. The Morgan fingerprint density at radius 2 is 1.57 bits per heavy atom. The number of carbonyl (C=O) groups is 2. The summed E-state index contributed by atoms with van der Waals surface area (Å²) in [5.41, 5.74) is 3.99. The fraction of sp³-hybridized carbons (Fsp3) is 0.167. The largest absolute Gasteiger partial charge is 0.325 e. The predicted octanol–water partition coefficient (Wildman–Crippen LogP) is 6.33. The van der Waals surface area contributed by atoms with Gasteiger partial charge in [-0.1, -0.05) is 35.4 Å². The molecule has 1 atom stereocenters. The van der Waals surface area contributed by atoms with Crippen molar-refractivity contribution in [3.63, 3.8) is 0 Å². The lowest BCUT2D eigenvalue weighted by molar-refractivity contribution is -0.115. The highest BCUT2D eigenvalue weighted by Crippen LogP contribution is 2.27. The summed E-state index contributed by atoms with van der Waals surface area (Å²) in [5, 5.41) is 6.14. The molecule has 0 aliphatic heterocycles. The Kier molecular flexibility index (Phi) is 7.19. The lowest BCUT2D eigenvalue weighted by Gasteiger charge is -2.14. The van der Waals surface area contributed by atoms with Crippen molar-refractivity contribution in [3.05, 3.63) is 88.4 Å². The molecule has 0 saturated heterocycles. The van der Waals surface area contributed by atoms with Gasteiger partial charge < -0.3 is 10.6 Å². The number of rotatable bonds is 6. The smallest absolute Gasteiger partial charge is 0.255 e. The minimum absolute atomic E-state index is 0.0953. The third-order valence-corrected chi connectivity index (χ3v) is 6.16. The number of amides is 2. The molecule has 0 heterocycles. The number of aryl methyl sites for hydroxylation is 1. The topological polar surface area (TPSA) is 58.2 Å². The summed E-state index contributed by atoms with van der Waals surface area (Å²) in [7, 11) is 0. The van der Waals surface area contributed by atoms with Gasteiger partial charge in [-0.2, -0.15) is 0 Å². The number of halogens is 1. The Labute approximate surface area is 186 Å². The van der Waals surface area contributed by atoms with Gasteiger partial charge in [-0.3, -0.25) is 9.59 Å². The first kappa shape index (κ1) is 21.9. The van der Waals surface area contributed by atoms with Crippen molar-refractivity contribution < 1.29 is 9.59 Å². The van der Waals surface area contributed by atoms with Gasteiger partial charge in [0.1, 0.15) is 0 Å². The van der Waals surface area contributed by atoms with E-state index >= 15 is 0 Å². The Morgan fingerprint density at radius 3 is 2.23 bits per heavy atom. The van der Waals surface area contributed by atoms with E-state index in [1.807, 2.05) is 69.3 Å². The van der Waals surface area contributed by atoms with Crippen molar-refractivity contribution in [1.29, 1.82) is 0 Å². The number of nitrogens with one attached hydrogen (secondary N) is 2. The number of hydrogen-bond donors (Lipinski definition) is 2. The summed E-state index contributed by atoms with van der Waals surface area (Å²) >= 11 is 7.57. The summed E-state index contributed by atoms with van der Waals surface area (Å²) in [5.74, 6) is -0.248. The number of hydrogen-bond acceptors (Lipinski definition) is 3. The highest BCUT2D eigenvalue weighted by atomic mass is 35.5. The second kappa shape index (κ2) is 9.83. The predicted molar refractivity (Wildman–Crippen MR) is 126 cm³/mol. The third-order valence-electron chi connectivity index (χ3n) is 4.63. The van der Waals surface area contributed by atoms with E-state index < -0.39 is 0 Å². The van der Waals surface area contributed by atoms with Gasteiger partial charge >= 0.3 is 0 Å². The molecule has 6 heteroatoms. The average Bonchev–Trinajstić information content (AvgIpc) is 2.73. The van der Waals surface area contributed by atoms with E-state index in [2.05, 4.69) is 10.6 Å². The van der Waals surface area contributed by atoms with Crippen LogP contribution in [0.15, 0.2) is 71.6 Å². The van der Waals surface area contributed by atoms with Crippen molar-refractivity contribution in [2.24, 2.45) is 0 Å². The minimum Gasteiger partial charge on any atom is -0.325 e. The van der Waals surface area contributed by atoms with Crippen molar-refractivity contribution in [2.45, 2.75) is 30.9 Å². The molecule has 0 fully saturated rings. The Hall–Kier alpha value is -2.76. The van der Waals surface area contributed by atoms with Crippen LogP contribution in [0.3, 0.4) is 0 Å². The normalized spacial score (nSPS) is 11.6. The molecular weight excluding hydrogens is 416 g/mol. The van der Waals surface area contributed by atoms with Crippen LogP contribution in [0.25, 0.3) is 0 Å². The SMILES string of the molecule is Cc1ccc(C(=O)Nc2ccc(SC(C)C(=O)Nc3cccc(Cl)c3C)cc2)cc1.